The van der Waals surface area contributed by atoms with Gasteiger partial charge in [0, 0.05) is 39.1 Å². The number of fused-ring (bicyclic) bond motifs is 1. The fraction of sp³-hybridized carbons (Fsp3) is 0.600. The molecule has 0 unspecified atom stereocenters. The first-order chi connectivity index (χ1) is 17.5. The summed E-state index contributed by atoms with van der Waals surface area (Å²) in [4.78, 5) is 1.83. The molecular weight excluding hydrogens is 460 g/mol. The van der Waals surface area contributed by atoms with Crippen LogP contribution in [0.2, 0.25) is 0 Å². The van der Waals surface area contributed by atoms with Crippen LogP contribution in [0, 0.1) is 29.4 Å². The van der Waals surface area contributed by atoms with Crippen molar-refractivity contribution in [3.63, 3.8) is 0 Å². The van der Waals surface area contributed by atoms with E-state index in [-0.39, 0.29) is 29.6 Å². The van der Waals surface area contributed by atoms with E-state index < -0.39 is 11.6 Å². The Morgan fingerprint density at radius 3 is 2.19 bits per heavy atom. The first kappa shape index (κ1) is 25.5. The minimum atomic E-state index is -0.480. The maximum absolute atomic E-state index is 15.7. The lowest BCUT2D eigenvalue weighted by atomic mass is 9.64. The fourth-order valence-electron chi connectivity index (χ4n) is 7.27. The third-order valence-electron chi connectivity index (χ3n) is 9.00. The Hall–Kier alpha value is -2.18. The number of hydrogen-bond donors (Lipinski definition) is 1. The number of phenols is 1. The summed E-state index contributed by atoms with van der Waals surface area (Å²) in [6.07, 6.45) is 9.27. The molecule has 0 aromatic heterocycles. The minimum absolute atomic E-state index is 0.0506. The van der Waals surface area contributed by atoms with Crippen molar-refractivity contribution in [3.05, 3.63) is 58.7 Å². The Morgan fingerprint density at radius 2 is 1.56 bits per heavy atom. The lowest BCUT2D eigenvalue weighted by Gasteiger charge is -2.41. The molecule has 2 fully saturated rings. The van der Waals surface area contributed by atoms with Crippen molar-refractivity contribution in [1.82, 2.24) is 0 Å². The number of piperidine rings is 1. The number of aromatic hydroxyl groups is 1. The number of aryl methyl sites for hydroxylation is 1. The molecule has 196 valence electrons. The molecule has 1 heterocycles. The Bertz CT molecular complexity index is 1020. The number of anilines is 1. The van der Waals surface area contributed by atoms with Crippen LogP contribution in [0.1, 0.15) is 74.0 Å². The van der Waals surface area contributed by atoms with Crippen LogP contribution in [0.5, 0.6) is 5.75 Å². The van der Waals surface area contributed by atoms with Crippen LogP contribution in [0.3, 0.4) is 0 Å². The van der Waals surface area contributed by atoms with Crippen LogP contribution in [0.25, 0.3) is 0 Å². The third-order valence-corrected chi connectivity index (χ3v) is 9.00. The van der Waals surface area contributed by atoms with Gasteiger partial charge >= 0.3 is 0 Å². The monoisotopic (exact) mass is 499 g/mol. The van der Waals surface area contributed by atoms with Gasteiger partial charge in [0.05, 0.1) is 0 Å². The SMILES string of the molecule is COC(OC)C1CCN(c2c(F)cc([C@H]3c4ccc(O)cc4CC[C@H]3C3CCCCC3)cc2F)CC1. The van der Waals surface area contributed by atoms with Gasteiger partial charge in [0.25, 0.3) is 0 Å². The van der Waals surface area contributed by atoms with Crippen molar-refractivity contribution in [2.24, 2.45) is 17.8 Å². The summed E-state index contributed by atoms with van der Waals surface area (Å²) in [5.74, 6) is 0.397. The molecule has 36 heavy (non-hydrogen) atoms. The maximum atomic E-state index is 15.7. The topological polar surface area (TPSA) is 41.9 Å². The molecule has 4 nitrogen and oxygen atoms in total. The molecular formula is C30H39F2NO3. The van der Waals surface area contributed by atoms with Crippen molar-refractivity contribution in [1.29, 1.82) is 0 Å². The number of halogens is 2. The second-order valence-electron chi connectivity index (χ2n) is 11.0. The van der Waals surface area contributed by atoms with E-state index in [1.807, 2.05) is 17.0 Å². The van der Waals surface area contributed by atoms with E-state index in [4.69, 9.17) is 9.47 Å². The average molecular weight is 500 g/mol. The number of ether oxygens (including phenoxy) is 2. The highest BCUT2D eigenvalue weighted by molar-refractivity contribution is 5.54. The van der Waals surface area contributed by atoms with Gasteiger partial charge in [0.15, 0.2) is 6.29 Å². The molecule has 1 saturated heterocycles. The molecule has 2 aromatic carbocycles. The summed E-state index contributed by atoms with van der Waals surface area (Å²) in [5, 5.41) is 10.1. The summed E-state index contributed by atoms with van der Waals surface area (Å²) in [6, 6.07) is 8.69. The number of rotatable bonds is 6. The van der Waals surface area contributed by atoms with Crippen LogP contribution in [-0.2, 0) is 15.9 Å². The van der Waals surface area contributed by atoms with E-state index in [1.165, 1.54) is 32.1 Å². The predicted molar refractivity (Wildman–Crippen MR) is 137 cm³/mol. The number of nitrogens with zero attached hydrogens (tertiary/aromatic N) is 1. The summed E-state index contributed by atoms with van der Waals surface area (Å²) >= 11 is 0. The van der Waals surface area contributed by atoms with Crippen LogP contribution in [0.15, 0.2) is 30.3 Å². The van der Waals surface area contributed by atoms with Crippen molar-refractivity contribution in [2.75, 3.05) is 32.2 Å². The highest BCUT2D eigenvalue weighted by Gasteiger charge is 2.38. The van der Waals surface area contributed by atoms with E-state index in [0.717, 1.165) is 42.4 Å². The Morgan fingerprint density at radius 1 is 0.889 bits per heavy atom. The molecule has 6 heteroatoms. The van der Waals surface area contributed by atoms with E-state index in [2.05, 4.69) is 0 Å². The van der Waals surface area contributed by atoms with Gasteiger partial charge in [-0.1, -0.05) is 38.2 Å². The quantitative estimate of drug-likeness (QED) is 0.445. The second kappa shape index (κ2) is 11.1. The van der Waals surface area contributed by atoms with Crippen molar-refractivity contribution >= 4 is 5.69 Å². The molecule has 2 aliphatic carbocycles. The molecule has 3 aliphatic rings. The molecule has 1 N–H and O–H groups in total. The van der Waals surface area contributed by atoms with Gasteiger partial charge in [-0.25, -0.2) is 8.78 Å². The van der Waals surface area contributed by atoms with Gasteiger partial charge in [0.1, 0.15) is 23.1 Å². The van der Waals surface area contributed by atoms with Crippen LogP contribution >= 0.6 is 0 Å². The lowest BCUT2D eigenvalue weighted by molar-refractivity contribution is -0.141. The fourth-order valence-corrected chi connectivity index (χ4v) is 7.27. The smallest absolute Gasteiger partial charge is 0.159 e. The highest BCUT2D eigenvalue weighted by Crippen LogP contribution is 2.49. The molecule has 0 amide bonds. The molecule has 1 aliphatic heterocycles. The number of hydrogen-bond acceptors (Lipinski definition) is 4. The first-order valence-electron chi connectivity index (χ1n) is 13.6. The number of methoxy groups -OCH3 is 2. The van der Waals surface area contributed by atoms with E-state index >= 15 is 8.78 Å². The van der Waals surface area contributed by atoms with Crippen LogP contribution in [0.4, 0.5) is 14.5 Å². The Balaban J connectivity index is 1.45. The van der Waals surface area contributed by atoms with Crippen LogP contribution in [-0.4, -0.2) is 38.7 Å². The minimum Gasteiger partial charge on any atom is -0.508 e. The molecule has 0 bridgehead atoms. The normalized spacial score (nSPS) is 23.8. The largest absolute Gasteiger partial charge is 0.508 e. The molecule has 5 rings (SSSR count). The molecule has 0 radical (unpaired) electrons. The molecule has 1 saturated carbocycles. The standard InChI is InChI=1S/C30H39F2NO3/c1-35-30(36-2)20-12-14-33(15-13-20)29-26(31)17-22(18-27(29)32)28-24(19-6-4-3-5-7-19)10-8-21-16-23(34)9-11-25(21)28/h9,11,16-20,24,28,30,34H,3-8,10,12-15H2,1-2H3/t24-,28+/m0/s1. The van der Waals surface area contributed by atoms with Crippen molar-refractivity contribution in [2.45, 2.75) is 70.0 Å². The zero-order valence-corrected chi connectivity index (χ0v) is 21.5. The van der Waals surface area contributed by atoms with Gasteiger partial charge in [-0.3, -0.25) is 0 Å². The summed E-state index contributed by atoms with van der Waals surface area (Å²) < 4.78 is 42.2. The first-order valence-corrected chi connectivity index (χ1v) is 13.6. The molecule has 2 atom stereocenters. The number of phenolic OH excluding ortho intramolecular Hbond substituents is 1. The summed E-state index contributed by atoms with van der Waals surface area (Å²) in [7, 11) is 3.26. The zero-order chi connectivity index (χ0) is 25.2. The van der Waals surface area contributed by atoms with E-state index in [9.17, 15) is 5.11 Å². The molecule has 2 aromatic rings. The maximum Gasteiger partial charge on any atom is 0.159 e. The van der Waals surface area contributed by atoms with Gasteiger partial charge in [-0.15, -0.1) is 0 Å². The average Bonchev–Trinajstić information content (AvgIpc) is 2.89. The third kappa shape index (κ3) is 4.99. The van der Waals surface area contributed by atoms with E-state index in [1.54, 1.807) is 32.4 Å². The Labute approximate surface area is 213 Å². The molecule has 0 spiro atoms. The van der Waals surface area contributed by atoms with Crippen molar-refractivity contribution < 1.29 is 23.4 Å². The van der Waals surface area contributed by atoms with Gasteiger partial charge in [-0.05, 0) is 78.5 Å². The Kier molecular flexibility index (Phi) is 7.82. The lowest BCUT2D eigenvalue weighted by Crippen LogP contribution is -2.39. The van der Waals surface area contributed by atoms with Gasteiger partial charge in [0.2, 0.25) is 0 Å². The van der Waals surface area contributed by atoms with E-state index in [0.29, 0.717) is 24.9 Å². The zero-order valence-electron chi connectivity index (χ0n) is 21.5. The van der Waals surface area contributed by atoms with Gasteiger partial charge in [-0.2, -0.15) is 0 Å². The highest BCUT2D eigenvalue weighted by atomic mass is 19.1. The summed E-state index contributed by atoms with van der Waals surface area (Å²) in [5.41, 5.74) is 3.03. The number of benzene rings is 2. The van der Waals surface area contributed by atoms with Gasteiger partial charge < -0.3 is 19.5 Å². The van der Waals surface area contributed by atoms with Crippen molar-refractivity contribution in [3.8, 4) is 5.75 Å². The predicted octanol–water partition coefficient (Wildman–Crippen LogP) is 6.78. The van der Waals surface area contributed by atoms with Crippen LogP contribution < -0.4 is 4.90 Å². The summed E-state index contributed by atoms with van der Waals surface area (Å²) in [6.45, 7) is 1.13. The second-order valence-corrected chi connectivity index (χ2v) is 11.0.